The molecule has 1 aromatic rings. The maximum absolute atomic E-state index is 4.56. The third kappa shape index (κ3) is 5.40. The lowest BCUT2D eigenvalue weighted by Gasteiger charge is -2.07. The van der Waals surface area contributed by atoms with E-state index in [1.807, 2.05) is 17.8 Å². The average molecular weight is 238 g/mol. The van der Waals surface area contributed by atoms with Crippen LogP contribution >= 0.6 is 11.8 Å². The molecule has 1 N–H and O–H groups in total. The smallest absolute Gasteiger partial charge is 0.127 e. The van der Waals surface area contributed by atoms with Gasteiger partial charge in [0.1, 0.15) is 5.82 Å². The molecule has 90 valence electrons. The monoisotopic (exact) mass is 238 g/mol. The number of hydrogen-bond acceptors (Lipinski definition) is 3. The molecule has 2 nitrogen and oxygen atoms in total. The molecule has 0 atom stereocenters. The molecule has 0 saturated carbocycles. The Morgan fingerprint density at radius 2 is 2.19 bits per heavy atom. The summed E-state index contributed by atoms with van der Waals surface area (Å²) in [4.78, 5) is 4.56. The summed E-state index contributed by atoms with van der Waals surface area (Å²) >= 11 is 1.85. The number of rotatable bonds is 7. The Bertz CT molecular complexity index is 300. The second kappa shape index (κ2) is 7.55. The maximum Gasteiger partial charge on any atom is 0.127 e. The molecule has 0 fully saturated rings. The van der Waals surface area contributed by atoms with Gasteiger partial charge in [0.25, 0.3) is 0 Å². The molecule has 1 heterocycles. The Morgan fingerprint density at radius 1 is 1.38 bits per heavy atom. The fourth-order valence-corrected chi connectivity index (χ4v) is 2.38. The Balaban J connectivity index is 2.40. The van der Waals surface area contributed by atoms with Crippen LogP contribution in [0.4, 0.5) is 5.82 Å². The van der Waals surface area contributed by atoms with Crippen LogP contribution in [0.5, 0.6) is 0 Å². The highest BCUT2D eigenvalue weighted by Crippen LogP contribution is 2.19. The van der Waals surface area contributed by atoms with Gasteiger partial charge >= 0.3 is 0 Å². The summed E-state index contributed by atoms with van der Waals surface area (Å²) in [5.74, 6) is 2.92. The Hall–Kier alpha value is -0.700. The van der Waals surface area contributed by atoms with Gasteiger partial charge in [-0.15, -0.1) is 11.8 Å². The SMILES string of the molecule is CCCNc1cccc(SCCC(C)C)n1. The van der Waals surface area contributed by atoms with Crippen LogP contribution in [-0.4, -0.2) is 17.3 Å². The second-order valence-corrected chi connectivity index (χ2v) is 5.43. The Morgan fingerprint density at radius 3 is 2.88 bits per heavy atom. The van der Waals surface area contributed by atoms with Crippen molar-refractivity contribution in [1.82, 2.24) is 4.98 Å². The van der Waals surface area contributed by atoms with E-state index in [9.17, 15) is 0 Å². The predicted octanol–water partition coefficient (Wildman–Crippen LogP) is 4.04. The topological polar surface area (TPSA) is 24.9 Å². The molecule has 16 heavy (non-hydrogen) atoms. The van der Waals surface area contributed by atoms with E-state index >= 15 is 0 Å². The zero-order valence-corrected chi connectivity index (χ0v) is 11.3. The van der Waals surface area contributed by atoms with Crippen LogP contribution in [-0.2, 0) is 0 Å². The zero-order valence-electron chi connectivity index (χ0n) is 10.5. The van der Waals surface area contributed by atoms with Crippen LogP contribution in [0.25, 0.3) is 0 Å². The molecular weight excluding hydrogens is 216 g/mol. The molecule has 3 heteroatoms. The Kier molecular flexibility index (Phi) is 6.31. The lowest BCUT2D eigenvalue weighted by atomic mass is 10.2. The highest BCUT2D eigenvalue weighted by Gasteiger charge is 1.99. The van der Waals surface area contributed by atoms with Crippen molar-refractivity contribution in [2.24, 2.45) is 5.92 Å². The summed E-state index contributed by atoms with van der Waals surface area (Å²) in [6.45, 7) is 7.67. The maximum atomic E-state index is 4.56. The van der Waals surface area contributed by atoms with Crippen LogP contribution in [0.3, 0.4) is 0 Å². The fourth-order valence-electron chi connectivity index (χ4n) is 1.25. The van der Waals surface area contributed by atoms with E-state index < -0.39 is 0 Å². The second-order valence-electron chi connectivity index (χ2n) is 4.32. The standard InChI is InChI=1S/C13H22N2S/c1-4-9-14-12-6-5-7-13(15-12)16-10-8-11(2)3/h5-7,11H,4,8-10H2,1-3H3,(H,14,15). The van der Waals surface area contributed by atoms with Gasteiger partial charge < -0.3 is 5.32 Å². The van der Waals surface area contributed by atoms with Gasteiger partial charge in [0, 0.05) is 6.54 Å². The molecule has 0 aromatic carbocycles. The molecule has 0 radical (unpaired) electrons. The molecule has 1 rings (SSSR count). The van der Waals surface area contributed by atoms with Gasteiger partial charge in [0.15, 0.2) is 0 Å². The van der Waals surface area contributed by atoms with E-state index in [2.05, 4.69) is 43.2 Å². The van der Waals surface area contributed by atoms with Crippen LogP contribution in [0.2, 0.25) is 0 Å². The predicted molar refractivity (Wildman–Crippen MR) is 73.2 cm³/mol. The number of aromatic nitrogens is 1. The number of nitrogens with zero attached hydrogens (tertiary/aromatic N) is 1. The van der Waals surface area contributed by atoms with Crippen LogP contribution in [0.15, 0.2) is 23.2 Å². The molecule has 0 aliphatic rings. The van der Waals surface area contributed by atoms with E-state index in [0.29, 0.717) is 0 Å². The average Bonchev–Trinajstić information content (AvgIpc) is 2.26. The van der Waals surface area contributed by atoms with Crippen molar-refractivity contribution >= 4 is 17.6 Å². The zero-order chi connectivity index (χ0) is 11.8. The highest BCUT2D eigenvalue weighted by molar-refractivity contribution is 7.99. The van der Waals surface area contributed by atoms with E-state index in [1.54, 1.807) is 0 Å². The molecule has 0 spiro atoms. The van der Waals surface area contributed by atoms with Crippen molar-refractivity contribution in [2.45, 2.75) is 38.6 Å². The minimum absolute atomic E-state index is 0.772. The van der Waals surface area contributed by atoms with Crippen LogP contribution in [0, 0.1) is 5.92 Å². The molecule has 1 aromatic heterocycles. The molecule has 0 aliphatic heterocycles. The number of pyridine rings is 1. The molecule has 0 bridgehead atoms. The highest BCUT2D eigenvalue weighted by atomic mass is 32.2. The van der Waals surface area contributed by atoms with Gasteiger partial charge in [0.05, 0.1) is 5.03 Å². The van der Waals surface area contributed by atoms with Gasteiger partial charge in [-0.2, -0.15) is 0 Å². The van der Waals surface area contributed by atoms with Crippen molar-refractivity contribution in [1.29, 1.82) is 0 Å². The van der Waals surface area contributed by atoms with Crippen molar-refractivity contribution in [3.8, 4) is 0 Å². The largest absolute Gasteiger partial charge is 0.370 e. The molecule has 0 amide bonds. The van der Waals surface area contributed by atoms with Crippen LogP contribution in [0.1, 0.15) is 33.6 Å². The van der Waals surface area contributed by atoms with Crippen molar-refractivity contribution in [2.75, 3.05) is 17.6 Å². The third-order valence-corrected chi connectivity index (χ3v) is 3.19. The molecular formula is C13H22N2S. The van der Waals surface area contributed by atoms with Gasteiger partial charge in [0.2, 0.25) is 0 Å². The minimum Gasteiger partial charge on any atom is -0.370 e. The number of hydrogen-bond donors (Lipinski definition) is 1. The first-order valence-corrected chi connectivity index (χ1v) is 7.04. The van der Waals surface area contributed by atoms with Crippen molar-refractivity contribution < 1.29 is 0 Å². The number of thioether (sulfide) groups is 1. The lowest BCUT2D eigenvalue weighted by molar-refractivity contribution is 0.632. The lowest BCUT2D eigenvalue weighted by Crippen LogP contribution is -2.01. The van der Waals surface area contributed by atoms with E-state index in [4.69, 9.17) is 0 Å². The molecule has 0 saturated heterocycles. The molecule has 0 aliphatic carbocycles. The fraction of sp³-hybridized carbons (Fsp3) is 0.615. The summed E-state index contributed by atoms with van der Waals surface area (Å²) in [5, 5.41) is 4.44. The summed E-state index contributed by atoms with van der Waals surface area (Å²) in [7, 11) is 0. The normalized spacial score (nSPS) is 10.8. The van der Waals surface area contributed by atoms with Gasteiger partial charge in [-0.25, -0.2) is 4.98 Å². The number of anilines is 1. The molecule has 0 unspecified atom stereocenters. The van der Waals surface area contributed by atoms with E-state index in [-0.39, 0.29) is 0 Å². The van der Waals surface area contributed by atoms with Gasteiger partial charge in [-0.05, 0) is 36.6 Å². The van der Waals surface area contributed by atoms with Gasteiger partial charge in [-0.3, -0.25) is 0 Å². The van der Waals surface area contributed by atoms with Crippen molar-refractivity contribution in [3.63, 3.8) is 0 Å². The third-order valence-electron chi connectivity index (χ3n) is 2.22. The minimum atomic E-state index is 0.772. The first-order chi connectivity index (χ1) is 7.72. The summed E-state index contributed by atoms with van der Waals surface area (Å²) < 4.78 is 0. The Labute approximate surface area is 103 Å². The first kappa shape index (κ1) is 13.4. The number of nitrogens with one attached hydrogen (secondary N) is 1. The first-order valence-electron chi connectivity index (χ1n) is 6.06. The van der Waals surface area contributed by atoms with Gasteiger partial charge in [-0.1, -0.05) is 26.8 Å². The summed E-state index contributed by atoms with van der Waals surface area (Å²) in [5.41, 5.74) is 0. The van der Waals surface area contributed by atoms with Crippen molar-refractivity contribution in [3.05, 3.63) is 18.2 Å². The quantitative estimate of drug-likeness (QED) is 0.726. The van der Waals surface area contributed by atoms with E-state index in [1.165, 1.54) is 6.42 Å². The summed E-state index contributed by atoms with van der Waals surface area (Å²) in [6.07, 6.45) is 2.38. The van der Waals surface area contributed by atoms with E-state index in [0.717, 1.165) is 35.5 Å². The summed E-state index contributed by atoms with van der Waals surface area (Å²) in [6, 6.07) is 6.19. The van der Waals surface area contributed by atoms with Crippen LogP contribution < -0.4 is 5.32 Å².